The first-order valence-corrected chi connectivity index (χ1v) is 9.53. The predicted molar refractivity (Wildman–Crippen MR) is 84.1 cm³/mol. The molecule has 1 saturated carbocycles. The molecule has 1 aromatic heterocycles. The molecule has 1 aliphatic carbocycles. The van der Waals surface area contributed by atoms with Crippen molar-refractivity contribution in [2.75, 3.05) is 0 Å². The van der Waals surface area contributed by atoms with Gasteiger partial charge in [-0.25, -0.2) is 17.9 Å². The van der Waals surface area contributed by atoms with Gasteiger partial charge in [0.05, 0.1) is 11.3 Å². The van der Waals surface area contributed by atoms with E-state index < -0.39 is 32.7 Å². The van der Waals surface area contributed by atoms with E-state index in [2.05, 4.69) is 9.68 Å². The smallest absolute Gasteiger partial charge is 0.351 e. The molecule has 0 amide bonds. The number of halogens is 4. The third-order valence-electron chi connectivity index (χ3n) is 4.49. The van der Waals surface area contributed by atoms with E-state index in [1.807, 2.05) is 0 Å². The first kappa shape index (κ1) is 18.8. The molecule has 1 fully saturated rings. The maximum atomic E-state index is 14.1. The molecule has 5 nitrogen and oxygen atoms in total. The van der Waals surface area contributed by atoms with Crippen molar-refractivity contribution in [1.82, 2.24) is 5.16 Å². The molecule has 0 unspecified atom stereocenters. The summed E-state index contributed by atoms with van der Waals surface area (Å²) in [5.41, 5.74) is -0.368. The molecule has 0 aliphatic heterocycles. The summed E-state index contributed by atoms with van der Waals surface area (Å²) < 4.78 is 81.4. The zero-order valence-electron chi connectivity index (χ0n) is 13.5. The fourth-order valence-corrected chi connectivity index (χ4v) is 3.91. The van der Waals surface area contributed by atoms with Gasteiger partial charge in [0.25, 0.3) is 0 Å². The van der Waals surface area contributed by atoms with Crippen molar-refractivity contribution in [3.05, 3.63) is 35.5 Å². The monoisotopic (exact) mass is 392 g/mol. The van der Waals surface area contributed by atoms with Crippen LogP contribution in [0.2, 0.25) is 0 Å². The van der Waals surface area contributed by atoms with Crippen molar-refractivity contribution in [3.8, 4) is 11.1 Å². The van der Waals surface area contributed by atoms with Gasteiger partial charge in [-0.2, -0.15) is 13.2 Å². The van der Waals surface area contributed by atoms with Crippen LogP contribution in [0.15, 0.2) is 27.6 Å². The molecule has 0 radical (unpaired) electrons. The summed E-state index contributed by atoms with van der Waals surface area (Å²) in [6, 6.07) is 2.64. The number of primary sulfonamides is 1. The first-order chi connectivity index (χ1) is 12.1. The van der Waals surface area contributed by atoms with E-state index in [0.29, 0.717) is 18.9 Å². The van der Waals surface area contributed by atoms with Crippen molar-refractivity contribution in [1.29, 1.82) is 0 Å². The Labute approximate surface area is 147 Å². The molecular weight excluding hydrogens is 376 g/mol. The zero-order valence-corrected chi connectivity index (χ0v) is 14.3. The summed E-state index contributed by atoms with van der Waals surface area (Å²) in [7, 11) is -4.32. The molecule has 1 heterocycles. The number of aromatic nitrogens is 1. The van der Waals surface area contributed by atoms with Crippen LogP contribution in [-0.4, -0.2) is 13.6 Å². The lowest BCUT2D eigenvalue weighted by Gasteiger charge is -2.20. The number of nitrogens with zero attached hydrogens (tertiary/aromatic N) is 1. The Bertz CT molecular complexity index is 916. The lowest BCUT2D eigenvalue weighted by Crippen LogP contribution is -2.14. The third-order valence-corrected chi connectivity index (χ3v) is 5.44. The second-order valence-corrected chi connectivity index (χ2v) is 7.82. The zero-order chi connectivity index (χ0) is 19.1. The van der Waals surface area contributed by atoms with Gasteiger partial charge in [-0.15, -0.1) is 0 Å². The SMILES string of the molecule is NS(=O)(=O)c1ccc(-c2c(C3CCCCC3)noc2C(F)(F)F)cc1F. The molecule has 10 heteroatoms. The molecule has 1 aromatic carbocycles. The van der Waals surface area contributed by atoms with Crippen LogP contribution in [-0.2, 0) is 16.2 Å². The van der Waals surface area contributed by atoms with Crippen LogP contribution in [0.1, 0.15) is 49.5 Å². The molecule has 2 N–H and O–H groups in total. The molecule has 3 rings (SSSR count). The van der Waals surface area contributed by atoms with Gasteiger partial charge in [-0.1, -0.05) is 30.5 Å². The van der Waals surface area contributed by atoms with Gasteiger partial charge in [0.15, 0.2) is 0 Å². The summed E-state index contributed by atoms with van der Waals surface area (Å²) in [6.45, 7) is 0. The highest BCUT2D eigenvalue weighted by atomic mass is 32.2. The number of hydrogen-bond acceptors (Lipinski definition) is 4. The average molecular weight is 392 g/mol. The van der Waals surface area contributed by atoms with Gasteiger partial charge in [-0.05, 0) is 30.5 Å². The van der Waals surface area contributed by atoms with E-state index >= 15 is 0 Å². The van der Waals surface area contributed by atoms with Crippen LogP contribution in [0, 0.1) is 5.82 Å². The Hall–Kier alpha value is -1.94. The second kappa shape index (κ2) is 6.66. The number of nitrogens with two attached hydrogens (primary N) is 1. The summed E-state index contributed by atoms with van der Waals surface area (Å²) in [5, 5.41) is 8.52. The molecule has 0 atom stereocenters. The molecule has 2 aromatic rings. The maximum absolute atomic E-state index is 14.1. The van der Waals surface area contributed by atoms with Crippen molar-refractivity contribution in [3.63, 3.8) is 0 Å². The lowest BCUT2D eigenvalue weighted by atomic mass is 9.84. The fraction of sp³-hybridized carbons (Fsp3) is 0.438. The predicted octanol–water partition coefficient (Wildman–Crippen LogP) is 4.19. The van der Waals surface area contributed by atoms with Gasteiger partial charge < -0.3 is 4.52 Å². The van der Waals surface area contributed by atoms with Crippen LogP contribution < -0.4 is 5.14 Å². The topological polar surface area (TPSA) is 86.2 Å². The van der Waals surface area contributed by atoms with Gasteiger partial charge in [0.1, 0.15) is 10.7 Å². The Kier molecular flexibility index (Phi) is 4.82. The van der Waals surface area contributed by atoms with E-state index in [9.17, 15) is 26.0 Å². The third kappa shape index (κ3) is 3.61. The van der Waals surface area contributed by atoms with Gasteiger partial charge in [0.2, 0.25) is 15.8 Å². The van der Waals surface area contributed by atoms with Crippen LogP contribution in [0.25, 0.3) is 11.1 Å². The minimum Gasteiger partial charge on any atom is -0.351 e. The minimum atomic E-state index is -4.82. The standard InChI is InChI=1S/C16H16F4N2O3S/c17-11-8-10(6-7-12(11)26(21,23)24)13-14(9-4-2-1-3-5-9)22-25-15(13)16(18,19)20/h6-9H,1-5H2,(H2,21,23,24). The Morgan fingerprint density at radius 1 is 1.15 bits per heavy atom. The van der Waals surface area contributed by atoms with E-state index in [4.69, 9.17) is 5.14 Å². The van der Waals surface area contributed by atoms with E-state index in [0.717, 1.165) is 31.4 Å². The normalized spacial score (nSPS) is 16.8. The molecule has 142 valence electrons. The maximum Gasteiger partial charge on any atom is 0.453 e. The molecule has 0 spiro atoms. The van der Waals surface area contributed by atoms with E-state index in [1.165, 1.54) is 0 Å². The first-order valence-electron chi connectivity index (χ1n) is 7.98. The van der Waals surface area contributed by atoms with Crippen molar-refractivity contribution >= 4 is 10.0 Å². The summed E-state index contributed by atoms with van der Waals surface area (Å²) in [6.07, 6.45) is -0.783. The number of rotatable bonds is 3. The quantitative estimate of drug-likeness (QED) is 0.794. The highest BCUT2D eigenvalue weighted by molar-refractivity contribution is 7.89. The molecule has 0 saturated heterocycles. The summed E-state index contributed by atoms with van der Waals surface area (Å²) in [4.78, 5) is -0.787. The van der Waals surface area contributed by atoms with E-state index in [1.54, 1.807) is 0 Å². The Balaban J connectivity index is 2.16. The average Bonchev–Trinajstić information content (AvgIpc) is 2.99. The molecule has 0 bridgehead atoms. The lowest BCUT2D eigenvalue weighted by molar-refractivity contribution is -0.154. The molecule has 1 aliphatic rings. The second-order valence-electron chi connectivity index (χ2n) is 6.29. The van der Waals surface area contributed by atoms with Crippen LogP contribution in [0.3, 0.4) is 0 Å². The van der Waals surface area contributed by atoms with Crippen molar-refractivity contribution < 1.29 is 30.5 Å². The Morgan fingerprint density at radius 2 is 1.81 bits per heavy atom. The van der Waals surface area contributed by atoms with Crippen LogP contribution >= 0.6 is 0 Å². The van der Waals surface area contributed by atoms with Gasteiger partial charge >= 0.3 is 6.18 Å². The minimum absolute atomic E-state index is 0.125. The highest BCUT2D eigenvalue weighted by Crippen LogP contribution is 2.44. The van der Waals surface area contributed by atoms with Gasteiger partial charge in [0, 0.05) is 5.92 Å². The summed E-state index contributed by atoms with van der Waals surface area (Å²) >= 11 is 0. The highest BCUT2D eigenvalue weighted by Gasteiger charge is 2.42. The number of alkyl halides is 3. The Morgan fingerprint density at radius 3 is 2.35 bits per heavy atom. The number of sulfonamides is 1. The number of benzene rings is 1. The molecular formula is C16H16F4N2O3S. The largest absolute Gasteiger partial charge is 0.453 e. The van der Waals surface area contributed by atoms with E-state index in [-0.39, 0.29) is 22.7 Å². The van der Waals surface area contributed by atoms with Crippen LogP contribution in [0.4, 0.5) is 17.6 Å². The van der Waals surface area contributed by atoms with Gasteiger partial charge in [-0.3, -0.25) is 0 Å². The molecule has 26 heavy (non-hydrogen) atoms. The van der Waals surface area contributed by atoms with Crippen molar-refractivity contribution in [2.24, 2.45) is 5.14 Å². The fourth-order valence-electron chi connectivity index (χ4n) is 3.32. The van der Waals surface area contributed by atoms with Crippen molar-refractivity contribution in [2.45, 2.75) is 49.1 Å². The van der Waals surface area contributed by atoms with Crippen LogP contribution in [0.5, 0.6) is 0 Å². The summed E-state index contributed by atoms with van der Waals surface area (Å²) in [5.74, 6) is -2.77. The number of hydrogen-bond donors (Lipinski definition) is 1.